The number of unbranched alkanes of at least 4 members (excludes halogenated alkanes) is 6. The van der Waals surface area contributed by atoms with E-state index in [0.717, 1.165) is 76.0 Å². The molecule has 9 rings (SSSR count). The highest BCUT2D eigenvalue weighted by Gasteiger charge is 2.37. The van der Waals surface area contributed by atoms with E-state index in [1.54, 1.807) is 18.2 Å². The minimum atomic E-state index is -4.69. The van der Waals surface area contributed by atoms with Crippen LogP contribution < -0.4 is 26.4 Å². The fraction of sp³-hybridized carbons (Fsp3) is 0.348. The average molecular weight is 1400 g/mol. The number of aryl methyl sites for hydroxylation is 3. The molecule has 0 spiro atoms. The van der Waals surface area contributed by atoms with E-state index < -0.39 is 58.2 Å². The van der Waals surface area contributed by atoms with Gasteiger partial charge in [0.25, 0.3) is 0 Å². The number of alkyl halides is 11. The summed E-state index contributed by atoms with van der Waals surface area (Å²) in [4.78, 5) is 38.3. The van der Waals surface area contributed by atoms with E-state index in [0.29, 0.717) is 62.8 Å². The predicted molar refractivity (Wildman–Crippen MR) is 341 cm³/mol. The topological polar surface area (TPSA) is 170 Å². The van der Waals surface area contributed by atoms with Crippen molar-refractivity contribution in [2.45, 2.75) is 129 Å². The zero-order valence-corrected chi connectivity index (χ0v) is 53.0. The van der Waals surface area contributed by atoms with Crippen molar-refractivity contribution in [1.29, 1.82) is 0 Å². The second kappa shape index (κ2) is 32.2. The maximum atomic E-state index is 14.1. The van der Waals surface area contributed by atoms with Crippen molar-refractivity contribution in [3.63, 3.8) is 0 Å². The van der Waals surface area contributed by atoms with Gasteiger partial charge in [0.2, 0.25) is 0 Å². The van der Waals surface area contributed by atoms with Gasteiger partial charge in [0, 0.05) is 61.7 Å². The van der Waals surface area contributed by atoms with E-state index in [4.69, 9.17) is 27.8 Å². The van der Waals surface area contributed by atoms with Crippen molar-refractivity contribution in [3.8, 4) is 50.6 Å². The number of ether oxygens (including phenoxy) is 2. The standard InChI is InChI=1S/C45H42F6O7.C21H19F3O3.C3H6Br2O/c1-3-5-7-9-27-11-17-34(38(19-27)44(46,47)48)36-21-29-13-15-32(23-40(29)57-42(36)53)55-25-31(52)26-56-33-16-14-30-22-37(43(54)58-41(30)24-33)35-18-12-28(10-8-6-4-2)20-39(35)45(49,50)51;1-2-3-4-5-13-6-9-16(18(10-13)21(22,23)24)17-11-14-7-8-15(25)12-19(14)27-20(17)26;4-1-3(6)2-5/h11-24,31,52H,3-10,25-26H2,1-2H3;6-12,25H,2-5H2,1H3;3,6H,1-2H2. The number of hydrogen-bond acceptors (Lipinski definition) is 11. The summed E-state index contributed by atoms with van der Waals surface area (Å²) >= 11 is 6.19. The lowest BCUT2D eigenvalue weighted by atomic mass is 9.95. The maximum absolute atomic E-state index is 14.1. The van der Waals surface area contributed by atoms with Crippen LogP contribution in [0.3, 0.4) is 0 Å². The number of aliphatic hydroxyl groups is 2. The monoisotopic (exact) mass is 1400 g/mol. The summed E-state index contributed by atoms with van der Waals surface area (Å²) in [5.41, 5.74) is -4.91. The highest BCUT2D eigenvalue weighted by atomic mass is 79.9. The number of aromatic hydroxyl groups is 1. The summed E-state index contributed by atoms with van der Waals surface area (Å²) in [6.45, 7) is 5.52. The molecule has 3 aromatic heterocycles. The van der Waals surface area contributed by atoms with Gasteiger partial charge in [-0.1, -0.05) is 128 Å². The Morgan fingerprint density at radius 3 is 1.02 bits per heavy atom. The number of benzene rings is 6. The molecule has 6 aromatic carbocycles. The van der Waals surface area contributed by atoms with Crippen LogP contribution in [0.4, 0.5) is 39.5 Å². The Morgan fingerprint density at radius 1 is 0.407 bits per heavy atom. The third-order valence-corrected chi connectivity index (χ3v) is 16.1. The lowest BCUT2D eigenvalue weighted by Gasteiger charge is -2.16. The normalized spacial score (nSPS) is 11.9. The molecule has 0 fully saturated rings. The molecule has 0 aliphatic carbocycles. The number of rotatable bonds is 23. The molecule has 0 aliphatic rings. The van der Waals surface area contributed by atoms with Crippen LogP contribution in [0, 0.1) is 0 Å². The van der Waals surface area contributed by atoms with E-state index in [-0.39, 0.29) is 86.7 Å². The minimum absolute atomic E-state index is 0.0663. The van der Waals surface area contributed by atoms with E-state index in [1.165, 1.54) is 91.0 Å². The number of phenolic OH excluding ortho intramolecular Hbond substituents is 1. The van der Waals surface area contributed by atoms with Crippen LogP contribution in [0.2, 0.25) is 0 Å². The Balaban J connectivity index is 0.000000294. The van der Waals surface area contributed by atoms with Crippen molar-refractivity contribution in [2.75, 3.05) is 23.9 Å². The lowest BCUT2D eigenvalue weighted by Crippen LogP contribution is -2.25. The van der Waals surface area contributed by atoms with Crippen molar-refractivity contribution in [1.82, 2.24) is 0 Å². The number of halogens is 11. The second-order valence-electron chi connectivity index (χ2n) is 21.7. The molecule has 3 heterocycles. The Hall–Kier alpha value is -7.40. The fourth-order valence-electron chi connectivity index (χ4n) is 9.89. The van der Waals surface area contributed by atoms with Gasteiger partial charge in [0.15, 0.2) is 0 Å². The number of hydrogen-bond donors (Lipinski definition) is 3. The van der Waals surface area contributed by atoms with Gasteiger partial charge in [-0.2, -0.15) is 39.5 Å². The Kier molecular flexibility index (Phi) is 25.2. The molecule has 0 atom stereocenters. The van der Waals surface area contributed by atoms with Gasteiger partial charge in [-0.25, -0.2) is 14.4 Å². The van der Waals surface area contributed by atoms with Crippen LogP contribution in [-0.4, -0.2) is 51.4 Å². The highest BCUT2D eigenvalue weighted by molar-refractivity contribution is 9.09. The fourth-order valence-corrected chi connectivity index (χ4v) is 11.0. The smallest absolute Gasteiger partial charge is 0.417 e. The van der Waals surface area contributed by atoms with Crippen LogP contribution in [0.5, 0.6) is 17.2 Å². The van der Waals surface area contributed by atoms with Crippen LogP contribution >= 0.6 is 31.9 Å². The lowest BCUT2D eigenvalue weighted by molar-refractivity contribution is -0.138. The highest BCUT2D eigenvalue weighted by Crippen LogP contribution is 2.41. The summed E-state index contributed by atoms with van der Waals surface area (Å²) in [6.07, 6.45) is -5.94. The van der Waals surface area contributed by atoms with Gasteiger partial charge in [0.05, 0.1) is 39.5 Å². The molecule has 0 amide bonds. The first kappa shape index (κ1) is 71.0. The van der Waals surface area contributed by atoms with Crippen molar-refractivity contribution in [3.05, 3.63) is 192 Å². The van der Waals surface area contributed by atoms with Gasteiger partial charge in [-0.3, -0.25) is 0 Å². The molecule has 91 heavy (non-hydrogen) atoms. The summed E-state index contributed by atoms with van der Waals surface area (Å²) < 4.78 is 153. The van der Waals surface area contributed by atoms with Crippen LogP contribution in [0.15, 0.2) is 155 Å². The Morgan fingerprint density at radius 2 is 0.725 bits per heavy atom. The molecule has 0 bridgehead atoms. The zero-order chi connectivity index (χ0) is 66.2. The van der Waals surface area contributed by atoms with Crippen molar-refractivity contribution < 1.29 is 77.6 Å². The molecule has 0 aliphatic heterocycles. The van der Waals surface area contributed by atoms with Gasteiger partial charge >= 0.3 is 35.4 Å². The maximum Gasteiger partial charge on any atom is 0.417 e. The molecule has 11 nitrogen and oxygen atoms in total. The molecule has 0 saturated carbocycles. The number of fused-ring (bicyclic) bond motifs is 3. The Labute approximate surface area is 534 Å². The molecule has 22 heteroatoms. The molecular weight excluding hydrogens is 1340 g/mol. The molecular formula is C69H67Br2F9O11. The second-order valence-corrected chi connectivity index (χ2v) is 23.0. The summed E-state index contributed by atoms with van der Waals surface area (Å²) in [6, 6.07) is 29.1. The van der Waals surface area contributed by atoms with E-state index in [9.17, 15) is 64.1 Å². The third kappa shape index (κ3) is 19.6. The summed E-state index contributed by atoms with van der Waals surface area (Å²) in [7, 11) is 0. The minimum Gasteiger partial charge on any atom is -0.508 e. The first-order chi connectivity index (χ1) is 43.2. The average Bonchev–Trinajstić information content (AvgIpc) is 1.03. The zero-order valence-electron chi connectivity index (χ0n) is 49.9. The molecule has 9 aromatic rings. The Bertz CT molecular complexity index is 3920. The van der Waals surface area contributed by atoms with E-state index in [2.05, 4.69) is 31.9 Å². The van der Waals surface area contributed by atoms with Crippen LogP contribution in [-0.2, 0) is 37.8 Å². The quantitative estimate of drug-likeness (QED) is 0.0241. The predicted octanol–water partition coefficient (Wildman–Crippen LogP) is 18.6. The first-order valence-electron chi connectivity index (χ1n) is 29.5. The largest absolute Gasteiger partial charge is 0.508 e. The van der Waals surface area contributed by atoms with Gasteiger partial charge < -0.3 is 38.0 Å². The van der Waals surface area contributed by atoms with Crippen LogP contribution in [0.1, 0.15) is 112 Å². The number of phenols is 1. The molecule has 0 saturated heterocycles. The first-order valence-corrected chi connectivity index (χ1v) is 31.8. The molecule has 486 valence electrons. The van der Waals surface area contributed by atoms with E-state index in [1.807, 2.05) is 20.8 Å². The van der Waals surface area contributed by atoms with Crippen molar-refractivity contribution in [2.24, 2.45) is 0 Å². The van der Waals surface area contributed by atoms with Gasteiger partial charge in [-0.05, 0) is 128 Å². The van der Waals surface area contributed by atoms with E-state index >= 15 is 0 Å². The van der Waals surface area contributed by atoms with Gasteiger partial charge in [-0.15, -0.1) is 0 Å². The molecule has 0 unspecified atom stereocenters. The van der Waals surface area contributed by atoms with Crippen LogP contribution in [0.25, 0.3) is 66.3 Å². The van der Waals surface area contributed by atoms with Gasteiger partial charge in [0.1, 0.15) is 53.3 Å². The number of aliphatic hydroxyl groups excluding tert-OH is 2. The summed E-state index contributed by atoms with van der Waals surface area (Å²) in [5.74, 6) is 0.321. The summed E-state index contributed by atoms with van der Waals surface area (Å²) in [5, 5.41) is 31.1. The molecule has 3 N–H and O–H groups in total. The molecule has 0 radical (unpaired) electrons. The SMILES string of the molecule is CCCCCc1ccc(-c2cc3ccc(O)cc3oc2=O)c(C(F)(F)F)c1.CCCCCc1ccc(-c2cc3ccc(OCC(O)COc4ccc5cc(-c6ccc(CCCCC)cc6C(F)(F)F)c(=O)oc5c4)cc3oc2=O)c(C(F)(F)F)c1.OC(CBr)CBr. The van der Waals surface area contributed by atoms with Crippen molar-refractivity contribution >= 4 is 64.8 Å². The third-order valence-electron chi connectivity index (χ3n) is 14.6.